The van der Waals surface area contributed by atoms with Crippen molar-refractivity contribution in [1.29, 1.82) is 0 Å². The number of carbonyl (C=O) groups is 1. The van der Waals surface area contributed by atoms with Crippen LogP contribution in [0.4, 0.5) is 0 Å². The molecular formula is C21H24N2OS. The van der Waals surface area contributed by atoms with Gasteiger partial charge < -0.3 is 0 Å². The second-order valence-electron chi connectivity index (χ2n) is 7.85. The van der Waals surface area contributed by atoms with Crippen molar-refractivity contribution in [2.75, 3.05) is 6.54 Å². The zero-order valence-corrected chi connectivity index (χ0v) is 15.6. The third-order valence-electron chi connectivity index (χ3n) is 5.96. The minimum Gasteiger partial charge on any atom is -0.283 e. The molecule has 3 nitrogen and oxygen atoms in total. The number of fused-ring (bicyclic) bond motifs is 4. The van der Waals surface area contributed by atoms with Gasteiger partial charge in [-0.25, -0.2) is 4.99 Å². The molecule has 25 heavy (non-hydrogen) atoms. The van der Waals surface area contributed by atoms with Gasteiger partial charge in [-0.1, -0.05) is 55.7 Å². The molecule has 0 N–H and O–H groups in total. The van der Waals surface area contributed by atoms with E-state index in [-0.39, 0.29) is 17.2 Å². The third-order valence-corrected chi connectivity index (χ3v) is 6.27. The Bertz CT molecular complexity index is 789. The van der Waals surface area contributed by atoms with E-state index in [1.807, 2.05) is 13.0 Å². The van der Waals surface area contributed by atoms with Crippen molar-refractivity contribution >= 4 is 28.9 Å². The van der Waals surface area contributed by atoms with Gasteiger partial charge in [-0.05, 0) is 49.4 Å². The molecule has 1 aromatic carbocycles. The van der Waals surface area contributed by atoms with Gasteiger partial charge in [-0.3, -0.25) is 9.69 Å². The summed E-state index contributed by atoms with van der Waals surface area (Å²) in [5.74, 6) is -0.0249. The van der Waals surface area contributed by atoms with Crippen molar-refractivity contribution in [3.8, 4) is 0 Å². The maximum atomic E-state index is 13.5. The van der Waals surface area contributed by atoms with Crippen LogP contribution in [0, 0.1) is 11.3 Å². The lowest BCUT2D eigenvalue weighted by atomic mass is 9.57. The van der Waals surface area contributed by atoms with Gasteiger partial charge in [0.25, 0.3) is 0 Å². The number of hydrogen-bond donors (Lipinski definition) is 0. The van der Waals surface area contributed by atoms with Crippen molar-refractivity contribution < 1.29 is 4.79 Å². The monoisotopic (exact) mass is 352 g/mol. The lowest BCUT2D eigenvalue weighted by Gasteiger charge is -2.49. The number of hydrogen-bond acceptors (Lipinski definition) is 2. The van der Waals surface area contributed by atoms with Gasteiger partial charge in [0.05, 0.1) is 11.6 Å². The molecule has 1 amide bonds. The average molecular weight is 353 g/mol. The van der Waals surface area contributed by atoms with Crippen molar-refractivity contribution in [3.05, 3.63) is 47.5 Å². The van der Waals surface area contributed by atoms with Gasteiger partial charge in [-0.15, -0.1) is 0 Å². The maximum Gasteiger partial charge on any atom is 0.238 e. The molecule has 1 aliphatic heterocycles. The predicted octanol–water partition coefficient (Wildman–Crippen LogP) is 4.30. The molecule has 130 valence electrons. The quantitative estimate of drug-likeness (QED) is 0.587. The van der Waals surface area contributed by atoms with Crippen LogP contribution < -0.4 is 0 Å². The zero-order chi connectivity index (χ0) is 17.6. The summed E-state index contributed by atoms with van der Waals surface area (Å²) in [6.45, 7) is 6.37. The average Bonchev–Trinajstić information content (AvgIpc) is 2.59. The van der Waals surface area contributed by atoms with Crippen LogP contribution in [-0.2, 0) is 11.2 Å². The largest absolute Gasteiger partial charge is 0.283 e. The van der Waals surface area contributed by atoms with E-state index in [1.54, 1.807) is 4.90 Å². The van der Waals surface area contributed by atoms with Crippen LogP contribution >= 0.6 is 12.2 Å². The standard InChI is InChI=1S/C21H24N2OS/c1-14(2)13-23-19(24)17-18(22-20(23)25)16-9-5-4-8-15(16)12-21(17)10-6-3-7-11-21/h4-5,8-9,17H,1,3,6-7,10-13H2,2H3. The van der Waals surface area contributed by atoms with Crippen LogP contribution in [0.3, 0.4) is 0 Å². The Morgan fingerprint density at radius 1 is 1.32 bits per heavy atom. The number of rotatable bonds is 2. The lowest BCUT2D eigenvalue weighted by Crippen LogP contribution is -2.56. The molecule has 4 heteroatoms. The summed E-state index contributed by atoms with van der Waals surface area (Å²) in [7, 11) is 0. The summed E-state index contributed by atoms with van der Waals surface area (Å²) < 4.78 is 0. The number of carbonyl (C=O) groups excluding carboxylic acids is 1. The highest BCUT2D eigenvalue weighted by Gasteiger charge is 2.53. The Morgan fingerprint density at radius 3 is 2.76 bits per heavy atom. The van der Waals surface area contributed by atoms with Crippen molar-refractivity contribution in [1.82, 2.24) is 4.90 Å². The number of aliphatic imine (C=N–C) groups is 1. The van der Waals surface area contributed by atoms with E-state index in [1.165, 1.54) is 24.8 Å². The van der Waals surface area contributed by atoms with E-state index in [9.17, 15) is 4.79 Å². The Balaban J connectivity index is 1.87. The normalized spacial score (nSPS) is 24.6. The van der Waals surface area contributed by atoms with E-state index in [0.29, 0.717) is 11.7 Å². The molecule has 2 aliphatic carbocycles. The molecule has 1 fully saturated rings. The van der Waals surface area contributed by atoms with Crippen LogP contribution in [0.15, 0.2) is 41.4 Å². The van der Waals surface area contributed by atoms with Gasteiger partial charge >= 0.3 is 0 Å². The molecule has 0 aromatic heterocycles. The van der Waals surface area contributed by atoms with E-state index in [4.69, 9.17) is 17.2 Å². The number of nitrogens with zero attached hydrogens (tertiary/aromatic N) is 2. The minimum absolute atomic E-state index is 0.00583. The fourth-order valence-corrected chi connectivity index (χ4v) is 5.16. The number of thiocarbonyl (C=S) groups is 1. The predicted molar refractivity (Wildman–Crippen MR) is 105 cm³/mol. The molecule has 0 bridgehead atoms. The maximum absolute atomic E-state index is 13.5. The Kier molecular flexibility index (Phi) is 4.11. The summed E-state index contributed by atoms with van der Waals surface area (Å²) >= 11 is 5.49. The van der Waals surface area contributed by atoms with E-state index in [2.05, 4.69) is 24.8 Å². The molecule has 1 heterocycles. The summed E-state index contributed by atoms with van der Waals surface area (Å²) in [4.78, 5) is 20.0. The summed E-state index contributed by atoms with van der Waals surface area (Å²) in [5, 5.41) is 0.391. The molecule has 0 saturated heterocycles. The molecule has 4 rings (SSSR count). The van der Waals surface area contributed by atoms with Crippen LogP contribution in [0.1, 0.15) is 50.2 Å². The summed E-state index contributed by atoms with van der Waals surface area (Å²) in [6, 6.07) is 8.41. The third kappa shape index (κ3) is 2.67. The smallest absolute Gasteiger partial charge is 0.238 e. The van der Waals surface area contributed by atoms with E-state index < -0.39 is 0 Å². The van der Waals surface area contributed by atoms with Gasteiger partial charge in [0.2, 0.25) is 11.0 Å². The van der Waals surface area contributed by atoms with Gasteiger partial charge in [0, 0.05) is 12.1 Å². The second kappa shape index (κ2) is 6.17. The minimum atomic E-state index is -0.159. The van der Waals surface area contributed by atoms with E-state index >= 15 is 0 Å². The van der Waals surface area contributed by atoms with Crippen LogP contribution in [0.25, 0.3) is 0 Å². The molecule has 1 unspecified atom stereocenters. The topological polar surface area (TPSA) is 32.7 Å². The number of benzene rings is 1. The first-order valence-corrected chi connectivity index (χ1v) is 9.59. The highest BCUT2D eigenvalue weighted by Crippen LogP contribution is 2.51. The van der Waals surface area contributed by atoms with Crippen LogP contribution in [0.5, 0.6) is 0 Å². The summed E-state index contributed by atoms with van der Waals surface area (Å²) in [6.07, 6.45) is 6.85. The second-order valence-corrected chi connectivity index (χ2v) is 8.22. The van der Waals surface area contributed by atoms with Crippen LogP contribution in [-0.4, -0.2) is 28.2 Å². The van der Waals surface area contributed by atoms with Gasteiger partial charge in [0.1, 0.15) is 0 Å². The Morgan fingerprint density at radius 2 is 2.04 bits per heavy atom. The molecule has 1 spiro atoms. The molecule has 3 aliphatic rings. The highest BCUT2D eigenvalue weighted by molar-refractivity contribution is 7.80. The molecule has 1 atom stereocenters. The first kappa shape index (κ1) is 16.6. The summed E-state index contributed by atoms with van der Waals surface area (Å²) in [5.41, 5.74) is 4.30. The van der Waals surface area contributed by atoms with Crippen molar-refractivity contribution in [3.63, 3.8) is 0 Å². The fraction of sp³-hybridized carbons (Fsp3) is 0.476. The van der Waals surface area contributed by atoms with Gasteiger partial charge in [-0.2, -0.15) is 0 Å². The molecule has 1 saturated carbocycles. The first-order chi connectivity index (χ1) is 12.0. The Hall–Kier alpha value is -1.81. The first-order valence-electron chi connectivity index (χ1n) is 9.18. The molecular weight excluding hydrogens is 328 g/mol. The highest BCUT2D eigenvalue weighted by atomic mass is 32.1. The van der Waals surface area contributed by atoms with Gasteiger partial charge in [0.15, 0.2) is 0 Å². The Labute approximate surface area is 154 Å². The van der Waals surface area contributed by atoms with Crippen molar-refractivity contribution in [2.24, 2.45) is 16.3 Å². The molecule has 1 aromatic rings. The zero-order valence-electron chi connectivity index (χ0n) is 14.8. The number of amides is 1. The molecule has 0 radical (unpaired) electrons. The van der Waals surface area contributed by atoms with Crippen LogP contribution in [0.2, 0.25) is 0 Å². The van der Waals surface area contributed by atoms with Crippen molar-refractivity contribution in [2.45, 2.75) is 45.4 Å². The van der Waals surface area contributed by atoms with E-state index in [0.717, 1.165) is 36.1 Å². The SMILES string of the molecule is C=C(C)CN1C(=O)C2C(=NC1=S)c1ccccc1CC21CCCCC1. The lowest BCUT2D eigenvalue weighted by molar-refractivity contribution is -0.134. The fourth-order valence-electron chi connectivity index (χ4n) is 4.91.